The first-order chi connectivity index (χ1) is 11.8. The van der Waals surface area contributed by atoms with Crippen molar-refractivity contribution in [2.75, 3.05) is 24.3 Å². The summed E-state index contributed by atoms with van der Waals surface area (Å²) in [6.07, 6.45) is 0.292. The number of nitrogens with one attached hydrogen (secondary N) is 1. The van der Waals surface area contributed by atoms with E-state index in [4.69, 9.17) is 11.6 Å². The molecule has 0 heterocycles. The smallest absolute Gasteiger partial charge is 0.226 e. The Kier molecular flexibility index (Phi) is 7.40. The second kappa shape index (κ2) is 9.31. The van der Waals surface area contributed by atoms with Crippen LogP contribution in [-0.2, 0) is 4.79 Å². The number of anilines is 2. The lowest BCUT2D eigenvalue weighted by Crippen LogP contribution is -2.15. The van der Waals surface area contributed by atoms with Crippen molar-refractivity contribution in [3.63, 3.8) is 0 Å². The molecule has 0 radical (unpaired) electrons. The number of nitrogens with zero attached hydrogens (tertiary/aromatic N) is 3. The van der Waals surface area contributed by atoms with E-state index in [1.807, 2.05) is 37.2 Å². The van der Waals surface area contributed by atoms with Crippen molar-refractivity contribution in [1.82, 2.24) is 0 Å². The molecule has 2 rings (SSSR count). The Bertz CT molecular complexity index is 764. The van der Waals surface area contributed by atoms with Gasteiger partial charge >= 0.3 is 0 Å². The van der Waals surface area contributed by atoms with Crippen LogP contribution in [0.3, 0.4) is 0 Å². The van der Waals surface area contributed by atoms with E-state index in [1.54, 1.807) is 24.3 Å². The van der Waals surface area contributed by atoms with Crippen LogP contribution >= 0.6 is 43.5 Å². The van der Waals surface area contributed by atoms with Crippen LogP contribution < -0.4 is 10.2 Å². The summed E-state index contributed by atoms with van der Waals surface area (Å²) >= 11 is 12.5. The zero-order valence-electron chi connectivity index (χ0n) is 13.7. The first kappa shape index (κ1) is 19.9. The average Bonchev–Trinajstić information content (AvgIpc) is 2.54. The van der Waals surface area contributed by atoms with E-state index >= 15 is 0 Å². The molecule has 0 unspecified atom stereocenters. The lowest BCUT2D eigenvalue weighted by Gasteiger charge is -2.15. The summed E-state index contributed by atoms with van der Waals surface area (Å²) in [5.74, 6) is -0.127. The highest BCUT2D eigenvalue weighted by molar-refractivity contribution is 9.24. The fourth-order valence-corrected chi connectivity index (χ4v) is 2.66. The number of carbonyl (C=O) groups is 1. The summed E-state index contributed by atoms with van der Waals surface area (Å²) in [5, 5.41) is 12.0. The van der Waals surface area contributed by atoms with Gasteiger partial charge in [0.2, 0.25) is 5.91 Å². The number of amides is 1. The van der Waals surface area contributed by atoms with Gasteiger partial charge in [-0.25, -0.2) is 0 Å². The van der Waals surface area contributed by atoms with Crippen LogP contribution in [0.5, 0.6) is 0 Å². The van der Waals surface area contributed by atoms with Gasteiger partial charge in [-0.15, -0.1) is 5.11 Å². The fourth-order valence-electron chi connectivity index (χ4n) is 1.95. The Morgan fingerprint density at radius 2 is 1.84 bits per heavy atom. The Morgan fingerprint density at radius 1 is 1.16 bits per heavy atom. The van der Waals surface area contributed by atoms with Crippen LogP contribution in [0.4, 0.5) is 22.7 Å². The summed E-state index contributed by atoms with van der Waals surface area (Å²) in [6, 6.07) is 12.7. The zero-order chi connectivity index (χ0) is 18.4. The molecule has 0 aliphatic heterocycles. The third-order valence-electron chi connectivity index (χ3n) is 3.21. The van der Waals surface area contributed by atoms with Crippen LogP contribution in [0.1, 0.15) is 6.42 Å². The Balaban J connectivity index is 2.28. The van der Waals surface area contributed by atoms with Crippen molar-refractivity contribution >= 4 is 72.1 Å². The van der Waals surface area contributed by atoms with Gasteiger partial charge in [-0.05, 0) is 42.5 Å². The minimum atomic E-state index is -0.127. The third-order valence-corrected chi connectivity index (χ3v) is 4.11. The highest BCUT2D eigenvalue weighted by Crippen LogP contribution is 2.31. The van der Waals surface area contributed by atoms with E-state index < -0.39 is 0 Å². The van der Waals surface area contributed by atoms with Crippen molar-refractivity contribution in [2.45, 2.75) is 10.2 Å². The number of alkyl halides is 2. The molecule has 0 aliphatic rings. The van der Waals surface area contributed by atoms with Gasteiger partial charge in [0.1, 0.15) is 5.69 Å². The van der Waals surface area contributed by atoms with Gasteiger partial charge < -0.3 is 10.2 Å². The predicted molar refractivity (Wildman–Crippen MR) is 111 cm³/mol. The van der Waals surface area contributed by atoms with Gasteiger partial charge in [-0.3, -0.25) is 4.79 Å². The zero-order valence-corrected chi connectivity index (χ0v) is 17.6. The van der Waals surface area contributed by atoms with E-state index in [0.717, 1.165) is 5.69 Å². The molecule has 0 aliphatic carbocycles. The molecule has 2 aromatic rings. The highest BCUT2D eigenvalue weighted by Gasteiger charge is 2.11. The predicted octanol–water partition coefficient (Wildman–Crippen LogP) is 6.27. The van der Waals surface area contributed by atoms with Crippen LogP contribution in [-0.4, -0.2) is 23.7 Å². The lowest BCUT2D eigenvalue weighted by molar-refractivity contribution is -0.115. The van der Waals surface area contributed by atoms with Crippen LogP contribution in [0.15, 0.2) is 52.7 Å². The summed E-state index contributed by atoms with van der Waals surface area (Å²) in [4.78, 5) is 14.0. The standard InChI is InChI=1S/C17H17Br2ClN4O/c1-24(2)13-7-8-14(15(9-13)21-17(25)10-16(18)19)23-22-12-5-3-11(20)4-6-12/h3-9,16H,10H2,1-2H3,(H,21,25). The van der Waals surface area contributed by atoms with Crippen LogP contribution in [0.2, 0.25) is 5.02 Å². The summed E-state index contributed by atoms with van der Waals surface area (Å²) in [6.45, 7) is 0. The monoisotopic (exact) mass is 486 g/mol. The van der Waals surface area contributed by atoms with Gasteiger partial charge in [0, 0.05) is 31.2 Å². The van der Waals surface area contributed by atoms with Gasteiger partial charge in [0.25, 0.3) is 0 Å². The summed E-state index contributed by atoms with van der Waals surface area (Å²) in [5.41, 5.74) is 2.82. The number of benzene rings is 2. The Hall–Kier alpha value is -1.44. The van der Waals surface area contributed by atoms with E-state index in [0.29, 0.717) is 28.5 Å². The maximum absolute atomic E-state index is 12.1. The second-order valence-corrected chi connectivity index (χ2v) is 9.29. The molecule has 5 nitrogen and oxygen atoms in total. The van der Waals surface area contributed by atoms with E-state index in [9.17, 15) is 4.79 Å². The minimum absolute atomic E-state index is 0.0869. The topological polar surface area (TPSA) is 57.1 Å². The minimum Gasteiger partial charge on any atom is -0.378 e. The van der Waals surface area contributed by atoms with Gasteiger partial charge in [0.15, 0.2) is 0 Å². The van der Waals surface area contributed by atoms with Crippen molar-refractivity contribution in [3.8, 4) is 0 Å². The maximum atomic E-state index is 12.1. The third kappa shape index (κ3) is 6.41. The van der Waals surface area contributed by atoms with E-state index in [2.05, 4.69) is 47.4 Å². The SMILES string of the molecule is CN(C)c1ccc(N=Nc2ccc(Cl)cc2)c(NC(=O)CC(Br)Br)c1. The largest absolute Gasteiger partial charge is 0.378 e. The van der Waals surface area contributed by atoms with Crippen LogP contribution in [0, 0.1) is 0 Å². The first-order valence-electron chi connectivity index (χ1n) is 7.42. The van der Waals surface area contributed by atoms with Gasteiger partial charge in [-0.2, -0.15) is 5.11 Å². The molecule has 0 saturated carbocycles. The Labute approximate surface area is 168 Å². The van der Waals surface area contributed by atoms with E-state index in [-0.39, 0.29) is 9.64 Å². The molecule has 1 N–H and O–H groups in total. The number of halogens is 3. The van der Waals surface area contributed by atoms with Gasteiger partial charge in [0.05, 0.1) is 15.1 Å². The molecule has 25 heavy (non-hydrogen) atoms. The average molecular weight is 489 g/mol. The molecule has 0 bridgehead atoms. The van der Waals surface area contributed by atoms with Crippen molar-refractivity contribution < 1.29 is 4.79 Å². The molecule has 2 aromatic carbocycles. The maximum Gasteiger partial charge on any atom is 0.226 e. The molecule has 0 saturated heterocycles. The number of carbonyl (C=O) groups excluding carboxylic acids is 1. The molecular formula is C17H17Br2ClN4O. The highest BCUT2D eigenvalue weighted by atomic mass is 79.9. The molecule has 0 spiro atoms. The summed E-state index contributed by atoms with van der Waals surface area (Å²) in [7, 11) is 3.87. The molecular weight excluding hydrogens is 471 g/mol. The van der Waals surface area contributed by atoms with Crippen LogP contribution in [0.25, 0.3) is 0 Å². The molecule has 8 heteroatoms. The normalized spacial score (nSPS) is 11.1. The van der Waals surface area contributed by atoms with Gasteiger partial charge in [-0.1, -0.05) is 43.5 Å². The first-order valence-corrected chi connectivity index (χ1v) is 9.63. The fraction of sp³-hybridized carbons (Fsp3) is 0.235. The van der Waals surface area contributed by atoms with Crippen molar-refractivity contribution in [1.29, 1.82) is 0 Å². The number of rotatable bonds is 6. The second-order valence-electron chi connectivity index (χ2n) is 5.42. The molecule has 1 amide bonds. The van der Waals surface area contributed by atoms with E-state index in [1.165, 1.54) is 0 Å². The summed E-state index contributed by atoms with van der Waals surface area (Å²) < 4.78 is -0.0869. The molecule has 0 atom stereocenters. The van der Waals surface area contributed by atoms with Crippen molar-refractivity contribution in [3.05, 3.63) is 47.5 Å². The quantitative estimate of drug-likeness (QED) is 0.385. The van der Waals surface area contributed by atoms with Crippen molar-refractivity contribution in [2.24, 2.45) is 10.2 Å². The number of azo groups is 1. The number of hydrogen-bond acceptors (Lipinski definition) is 4. The Morgan fingerprint density at radius 3 is 2.44 bits per heavy atom. The molecule has 132 valence electrons. The molecule has 0 aromatic heterocycles. The molecule has 0 fully saturated rings. The lowest BCUT2D eigenvalue weighted by atomic mass is 10.2. The number of hydrogen-bond donors (Lipinski definition) is 1.